The van der Waals surface area contributed by atoms with Gasteiger partial charge in [-0.3, -0.25) is 0 Å². The van der Waals surface area contributed by atoms with E-state index in [-0.39, 0.29) is 5.82 Å². The van der Waals surface area contributed by atoms with Gasteiger partial charge >= 0.3 is 0 Å². The lowest BCUT2D eigenvalue weighted by Gasteiger charge is -2.36. The third-order valence-corrected chi connectivity index (χ3v) is 3.65. The minimum Gasteiger partial charge on any atom is -0.472 e. The van der Waals surface area contributed by atoms with Crippen molar-refractivity contribution in [3.63, 3.8) is 0 Å². The van der Waals surface area contributed by atoms with Crippen molar-refractivity contribution >= 4 is 0 Å². The Morgan fingerprint density at radius 3 is 2.61 bits per heavy atom. The first-order valence-corrected chi connectivity index (χ1v) is 6.31. The van der Waals surface area contributed by atoms with E-state index in [1.807, 2.05) is 18.2 Å². The van der Waals surface area contributed by atoms with E-state index in [1.54, 1.807) is 24.7 Å². The Kier molecular flexibility index (Phi) is 3.15. The molecule has 0 bridgehead atoms. The van der Waals surface area contributed by atoms with Crippen molar-refractivity contribution in [3.05, 3.63) is 59.8 Å². The van der Waals surface area contributed by atoms with Crippen LogP contribution in [0.3, 0.4) is 0 Å². The second kappa shape index (κ2) is 4.94. The highest BCUT2D eigenvalue weighted by Gasteiger charge is 2.29. The summed E-state index contributed by atoms with van der Waals surface area (Å²) < 4.78 is 17.8. The summed E-state index contributed by atoms with van der Waals surface area (Å²) in [4.78, 5) is 0. The molecular formula is C15H16FNO. The van der Waals surface area contributed by atoms with E-state index >= 15 is 0 Å². The summed E-state index contributed by atoms with van der Waals surface area (Å²) in [6, 6.07) is 9.42. The van der Waals surface area contributed by atoms with Crippen LogP contribution in [-0.2, 0) is 6.54 Å². The molecule has 2 aromatic rings. The fourth-order valence-electron chi connectivity index (χ4n) is 2.45. The Morgan fingerprint density at radius 2 is 1.94 bits per heavy atom. The molecule has 3 heteroatoms. The normalized spacial score (nSPS) is 22.7. The summed E-state index contributed by atoms with van der Waals surface area (Å²) in [5.74, 6) is 0.417. The van der Waals surface area contributed by atoms with Crippen molar-refractivity contribution in [2.75, 3.05) is 0 Å². The molecule has 18 heavy (non-hydrogen) atoms. The molecule has 0 spiro atoms. The first-order valence-electron chi connectivity index (χ1n) is 6.31. The van der Waals surface area contributed by atoms with Gasteiger partial charge in [-0.05, 0) is 42.5 Å². The van der Waals surface area contributed by atoms with Crippen molar-refractivity contribution in [2.24, 2.45) is 0 Å². The molecule has 0 atom stereocenters. The lowest BCUT2D eigenvalue weighted by atomic mass is 9.76. The molecule has 3 rings (SSSR count). The van der Waals surface area contributed by atoms with E-state index in [4.69, 9.17) is 4.42 Å². The lowest BCUT2D eigenvalue weighted by molar-refractivity contribution is 0.289. The minimum absolute atomic E-state index is 0.160. The van der Waals surface area contributed by atoms with Gasteiger partial charge in [-0.1, -0.05) is 12.1 Å². The highest BCUT2D eigenvalue weighted by molar-refractivity contribution is 5.23. The van der Waals surface area contributed by atoms with Crippen LogP contribution in [0, 0.1) is 5.82 Å². The zero-order valence-electron chi connectivity index (χ0n) is 10.1. The SMILES string of the molecule is Fc1ccc(C2CC(NCc3ccoc3)C2)cc1. The number of benzene rings is 1. The van der Waals surface area contributed by atoms with Crippen molar-refractivity contribution in [1.82, 2.24) is 5.32 Å². The van der Waals surface area contributed by atoms with Crippen LogP contribution in [0.4, 0.5) is 4.39 Å². The number of hydrogen-bond acceptors (Lipinski definition) is 2. The van der Waals surface area contributed by atoms with E-state index in [9.17, 15) is 4.39 Å². The average molecular weight is 245 g/mol. The maximum absolute atomic E-state index is 12.8. The monoisotopic (exact) mass is 245 g/mol. The molecule has 0 amide bonds. The predicted octanol–water partition coefficient (Wildman–Crippen LogP) is 3.45. The summed E-state index contributed by atoms with van der Waals surface area (Å²) >= 11 is 0. The molecule has 1 aromatic heterocycles. The van der Waals surface area contributed by atoms with Crippen LogP contribution in [0.1, 0.15) is 29.9 Å². The highest BCUT2D eigenvalue weighted by atomic mass is 19.1. The maximum Gasteiger partial charge on any atom is 0.123 e. The maximum atomic E-state index is 12.8. The van der Waals surface area contributed by atoms with Crippen molar-refractivity contribution in [3.8, 4) is 0 Å². The van der Waals surface area contributed by atoms with E-state index in [0.29, 0.717) is 12.0 Å². The largest absolute Gasteiger partial charge is 0.472 e. The van der Waals surface area contributed by atoms with E-state index in [1.165, 1.54) is 11.1 Å². The fourth-order valence-corrected chi connectivity index (χ4v) is 2.45. The third kappa shape index (κ3) is 2.46. The Labute approximate surface area is 106 Å². The van der Waals surface area contributed by atoms with Crippen LogP contribution in [0.2, 0.25) is 0 Å². The quantitative estimate of drug-likeness (QED) is 0.892. The van der Waals surface area contributed by atoms with E-state index in [0.717, 1.165) is 19.4 Å². The molecule has 1 aliphatic carbocycles. The standard InChI is InChI=1S/C15H16FNO/c16-14-3-1-12(2-4-14)13-7-15(8-13)17-9-11-5-6-18-10-11/h1-6,10,13,15,17H,7-9H2. The third-order valence-electron chi connectivity index (χ3n) is 3.65. The Morgan fingerprint density at radius 1 is 1.17 bits per heavy atom. The second-order valence-electron chi connectivity index (χ2n) is 4.93. The molecule has 0 unspecified atom stereocenters. The van der Waals surface area contributed by atoms with Crippen LogP contribution in [0.5, 0.6) is 0 Å². The van der Waals surface area contributed by atoms with Crippen molar-refractivity contribution in [1.29, 1.82) is 0 Å². The molecular weight excluding hydrogens is 229 g/mol. The van der Waals surface area contributed by atoms with Gasteiger partial charge in [-0.2, -0.15) is 0 Å². The summed E-state index contributed by atoms with van der Waals surface area (Å²) in [6.45, 7) is 0.858. The molecule has 94 valence electrons. The molecule has 1 saturated carbocycles. The smallest absolute Gasteiger partial charge is 0.123 e. The summed E-state index contributed by atoms with van der Waals surface area (Å²) in [5.41, 5.74) is 2.43. The molecule has 1 aromatic carbocycles. The van der Waals surface area contributed by atoms with E-state index in [2.05, 4.69) is 5.32 Å². The molecule has 1 aliphatic rings. The van der Waals surface area contributed by atoms with Gasteiger partial charge in [-0.25, -0.2) is 4.39 Å². The van der Waals surface area contributed by atoms with E-state index < -0.39 is 0 Å². The number of rotatable bonds is 4. The zero-order valence-corrected chi connectivity index (χ0v) is 10.1. The Hall–Kier alpha value is -1.61. The lowest BCUT2D eigenvalue weighted by Crippen LogP contribution is -2.39. The highest BCUT2D eigenvalue weighted by Crippen LogP contribution is 2.36. The number of hydrogen-bond donors (Lipinski definition) is 1. The zero-order chi connectivity index (χ0) is 12.4. The minimum atomic E-state index is -0.160. The number of furan rings is 1. The topological polar surface area (TPSA) is 25.2 Å². The van der Waals surface area contributed by atoms with Crippen molar-refractivity contribution in [2.45, 2.75) is 31.3 Å². The van der Waals surface area contributed by atoms with Gasteiger partial charge in [0.1, 0.15) is 5.82 Å². The Bertz CT molecular complexity index is 486. The molecule has 0 radical (unpaired) electrons. The summed E-state index contributed by atoms with van der Waals surface area (Å²) in [6.07, 6.45) is 5.72. The average Bonchev–Trinajstić information content (AvgIpc) is 2.82. The molecule has 1 heterocycles. The van der Waals surface area contributed by atoms with Crippen LogP contribution < -0.4 is 5.32 Å². The summed E-state index contributed by atoms with van der Waals surface area (Å²) in [7, 11) is 0. The van der Waals surface area contributed by atoms with Gasteiger partial charge < -0.3 is 9.73 Å². The number of halogens is 1. The van der Waals surface area contributed by atoms with Crippen LogP contribution >= 0.6 is 0 Å². The van der Waals surface area contributed by atoms with Gasteiger partial charge in [0.25, 0.3) is 0 Å². The Balaban J connectivity index is 1.47. The van der Waals surface area contributed by atoms with Crippen LogP contribution in [0.25, 0.3) is 0 Å². The fraction of sp³-hybridized carbons (Fsp3) is 0.333. The first kappa shape index (κ1) is 11.5. The molecule has 2 nitrogen and oxygen atoms in total. The molecule has 0 aliphatic heterocycles. The van der Waals surface area contributed by atoms with Gasteiger partial charge in [0.2, 0.25) is 0 Å². The number of nitrogens with one attached hydrogen (secondary N) is 1. The second-order valence-corrected chi connectivity index (χ2v) is 4.93. The van der Waals surface area contributed by atoms with Crippen LogP contribution in [-0.4, -0.2) is 6.04 Å². The van der Waals surface area contributed by atoms with Gasteiger partial charge in [0.15, 0.2) is 0 Å². The van der Waals surface area contributed by atoms with Crippen molar-refractivity contribution < 1.29 is 8.81 Å². The van der Waals surface area contributed by atoms with Crippen LogP contribution in [0.15, 0.2) is 47.3 Å². The van der Waals surface area contributed by atoms with Gasteiger partial charge in [0, 0.05) is 18.2 Å². The molecule has 1 N–H and O–H groups in total. The van der Waals surface area contributed by atoms with Gasteiger partial charge in [-0.15, -0.1) is 0 Å². The molecule has 0 saturated heterocycles. The predicted molar refractivity (Wildman–Crippen MR) is 67.7 cm³/mol. The molecule has 1 fully saturated rings. The van der Waals surface area contributed by atoms with Gasteiger partial charge in [0.05, 0.1) is 12.5 Å². The summed E-state index contributed by atoms with van der Waals surface area (Å²) in [5, 5.41) is 3.50. The first-order chi connectivity index (χ1) is 8.81.